The predicted molar refractivity (Wildman–Crippen MR) is 83.1 cm³/mol. The van der Waals surface area contributed by atoms with E-state index in [1.54, 1.807) is 0 Å². The topological polar surface area (TPSA) is 69.6 Å². The minimum Gasteiger partial charge on any atom is -0.481 e. The lowest BCUT2D eigenvalue weighted by Gasteiger charge is -2.31. The maximum atomic E-state index is 12.1. The van der Waals surface area contributed by atoms with E-state index in [1.807, 2.05) is 13.8 Å². The molecule has 0 saturated carbocycles. The standard InChI is InChI=1S/C16H30N2O3/c1-12(2)13(18-7-5-6-8-18)11-17-14(19)9-16(3,4)10-15(20)21/h12-13H,5-11H2,1-4H3,(H,17,19)(H,20,21). The molecule has 0 aliphatic carbocycles. The van der Waals surface area contributed by atoms with Crippen molar-refractivity contribution < 1.29 is 14.7 Å². The minimum atomic E-state index is -0.857. The predicted octanol–water partition coefficient (Wildman–Crippen LogP) is 2.11. The summed E-state index contributed by atoms with van der Waals surface area (Å²) in [6, 6.07) is 0.374. The van der Waals surface area contributed by atoms with Crippen LogP contribution >= 0.6 is 0 Å². The number of nitrogens with zero attached hydrogens (tertiary/aromatic N) is 1. The molecule has 1 aliphatic heterocycles. The molecular formula is C16H30N2O3. The molecule has 1 atom stereocenters. The first-order chi connectivity index (χ1) is 9.71. The molecule has 0 radical (unpaired) electrons. The summed E-state index contributed by atoms with van der Waals surface area (Å²) in [7, 11) is 0. The number of aliphatic carboxylic acids is 1. The third-order valence-electron chi connectivity index (χ3n) is 4.16. The quantitative estimate of drug-likeness (QED) is 0.720. The van der Waals surface area contributed by atoms with Crippen molar-refractivity contribution in [2.45, 2.75) is 59.4 Å². The number of hydrogen-bond donors (Lipinski definition) is 2. The molecule has 0 aromatic carbocycles. The number of likely N-dealkylation sites (tertiary alicyclic amines) is 1. The summed E-state index contributed by atoms with van der Waals surface area (Å²) >= 11 is 0. The van der Waals surface area contributed by atoms with Crippen LogP contribution in [0.1, 0.15) is 53.4 Å². The van der Waals surface area contributed by atoms with Crippen molar-refractivity contribution in [1.82, 2.24) is 10.2 Å². The lowest BCUT2D eigenvalue weighted by molar-refractivity contribution is -0.139. The molecule has 5 heteroatoms. The molecule has 0 aromatic rings. The molecule has 1 rings (SSSR count). The van der Waals surface area contributed by atoms with Gasteiger partial charge in [-0.3, -0.25) is 14.5 Å². The zero-order valence-corrected chi connectivity index (χ0v) is 13.8. The summed E-state index contributed by atoms with van der Waals surface area (Å²) in [6.07, 6.45) is 2.75. The van der Waals surface area contributed by atoms with Gasteiger partial charge in [-0.05, 0) is 37.3 Å². The van der Waals surface area contributed by atoms with E-state index < -0.39 is 11.4 Å². The van der Waals surface area contributed by atoms with Gasteiger partial charge >= 0.3 is 5.97 Å². The molecular weight excluding hydrogens is 268 g/mol. The molecule has 122 valence electrons. The molecule has 0 aromatic heterocycles. The Morgan fingerprint density at radius 1 is 1.19 bits per heavy atom. The van der Waals surface area contributed by atoms with Gasteiger partial charge in [-0.2, -0.15) is 0 Å². The van der Waals surface area contributed by atoms with Crippen LogP contribution in [0.3, 0.4) is 0 Å². The van der Waals surface area contributed by atoms with Crippen LogP contribution in [0.4, 0.5) is 0 Å². The van der Waals surface area contributed by atoms with Gasteiger partial charge < -0.3 is 10.4 Å². The Morgan fingerprint density at radius 3 is 2.24 bits per heavy atom. The number of hydrogen-bond acceptors (Lipinski definition) is 3. The number of nitrogens with one attached hydrogen (secondary N) is 1. The summed E-state index contributed by atoms with van der Waals surface area (Å²) < 4.78 is 0. The molecule has 1 amide bonds. The highest BCUT2D eigenvalue weighted by Crippen LogP contribution is 2.25. The third kappa shape index (κ3) is 6.46. The second-order valence-electron chi connectivity index (χ2n) is 7.27. The largest absolute Gasteiger partial charge is 0.481 e. The Balaban J connectivity index is 2.44. The Labute approximate surface area is 128 Å². The van der Waals surface area contributed by atoms with Crippen LogP contribution in [0.2, 0.25) is 0 Å². The van der Waals surface area contributed by atoms with E-state index in [9.17, 15) is 9.59 Å². The van der Waals surface area contributed by atoms with E-state index in [-0.39, 0.29) is 18.7 Å². The fourth-order valence-corrected chi connectivity index (χ4v) is 3.05. The first kappa shape index (κ1) is 18.0. The number of rotatable bonds is 8. The lowest BCUT2D eigenvalue weighted by Crippen LogP contribution is -2.46. The highest BCUT2D eigenvalue weighted by atomic mass is 16.4. The summed E-state index contributed by atoms with van der Waals surface area (Å²) in [5, 5.41) is 11.9. The molecule has 1 aliphatic rings. The summed E-state index contributed by atoms with van der Waals surface area (Å²) in [6.45, 7) is 10.9. The number of amides is 1. The second kappa shape index (κ2) is 7.78. The van der Waals surface area contributed by atoms with E-state index in [1.165, 1.54) is 12.8 Å². The molecule has 1 saturated heterocycles. The third-order valence-corrected chi connectivity index (χ3v) is 4.16. The number of carbonyl (C=O) groups is 2. The Bertz CT molecular complexity index is 361. The van der Waals surface area contributed by atoms with Crippen molar-refractivity contribution in [3.8, 4) is 0 Å². The Hall–Kier alpha value is -1.10. The van der Waals surface area contributed by atoms with Gasteiger partial charge in [-0.25, -0.2) is 0 Å². The van der Waals surface area contributed by atoms with E-state index in [0.717, 1.165) is 13.1 Å². The molecule has 2 N–H and O–H groups in total. The van der Waals surface area contributed by atoms with Crippen LogP contribution in [0.15, 0.2) is 0 Å². The molecule has 5 nitrogen and oxygen atoms in total. The molecule has 1 heterocycles. The average Bonchev–Trinajstić information content (AvgIpc) is 2.79. The van der Waals surface area contributed by atoms with Crippen LogP contribution in [0.25, 0.3) is 0 Å². The fraction of sp³-hybridized carbons (Fsp3) is 0.875. The molecule has 21 heavy (non-hydrogen) atoms. The zero-order chi connectivity index (χ0) is 16.0. The van der Waals surface area contributed by atoms with Crippen molar-refractivity contribution in [3.05, 3.63) is 0 Å². The van der Waals surface area contributed by atoms with Crippen molar-refractivity contribution in [2.24, 2.45) is 11.3 Å². The summed E-state index contributed by atoms with van der Waals surface area (Å²) in [5.74, 6) is -0.411. The van der Waals surface area contributed by atoms with Crippen molar-refractivity contribution in [1.29, 1.82) is 0 Å². The van der Waals surface area contributed by atoms with Gasteiger partial charge in [-0.15, -0.1) is 0 Å². The van der Waals surface area contributed by atoms with E-state index in [0.29, 0.717) is 18.5 Å². The van der Waals surface area contributed by atoms with Crippen LogP contribution in [0, 0.1) is 11.3 Å². The van der Waals surface area contributed by atoms with Gasteiger partial charge in [-0.1, -0.05) is 27.7 Å². The molecule has 1 fully saturated rings. The fourth-order valence-electron chi connectivity index (χ4n) is 3.05. The van der Waals surface area contributed by atoms with E-state index >= 15 is 0 Å². The maximum absolute atomic E-state index is 12.1. The summed E-state index contributed by atoms with van der Waals surface area (Å²) in [4.78, 5) is 25.3. The first-order valence-corrected chi connectivity index (χ1v) is 7.94. The van der Waals surface area contributed by atoms with Crippen LogP contribution in [0.5, 0.6) is 0 Å². The minimum absolute atomic E-state index is 0.0140. The average molecular weight is 298 g/mol. The van der Waals surface area contributed by atoms with Gasteiger partial charge in [0.05, 0.1) is 6.42 Å². The normalized spacial score (nSPS) is 18.0. The molecule has 1 unspecified atom stereocenters. The lowest BCUT2D eigenvalue weighted by atomic mass is 9.85. The van der Waals surface area contributed by atoms with Crippen LogP contribution < -0.4 is 5.32 Å². The van der Waals surface area contributed by atoms with Crippen molar-refractivity contribution >= 4 is 11.9 Å². The van der Waals surface area contributed by atoms with Gasteiger partial charge in [0.2, 0.25) is 5.91 Å². The van der Waals surface area contributed by atoms with Gasteiger partial charge in [0.25, 0.3) is 0 Å². The Kier molecular flexibility index (Phi) is 6.65. The molecule has 0 bridgehead atoms. The molecule has 0 spiro atoms. The highest BCUT2D eigenvalue weighted by molar-refractivity contribution is 5.77. The zero-order valence-electron chi connectivity index (χ0n) is 13.8. The number of carbonyl (C=O) groups excluding carboxylic acids is 1. The van der Waals surface area contributed by atoms with Crippen LogP contribution in [-0.2, 0) is 9.59 Å². The first-order valence-electron chi connectivity index (χ1n) is 7.94. The smallest absolute Gasteiger partial charge is 0.303 e. The number of carboxylic acid groups (broad SMARTS) is 1. The maximum Gasteiger partial charge on any atom is 0.303 e. The van der Waals surface area contributed by atoms with E-state index in [4.69, 9.17) is 5.11 Å². The number of carboxylic acids is 1. The highest BCUT2D eigenvalue weighted by Gasteiger charge is 2.27. The second-order valence-corrected chi connectivity index (χ2v) is 7.27. The van der Waals surface area contributed by atoms with Gasteiger partial charge in [0.1, 0.15) is 0 Å². The van der Waals surface area contributed by atoms with Gasteiger partial charge in [0.15, 0.2) is 0 Å². The van der Waals surface area contributed by atoms with Crippen LogP contribution in [-0.4, -0.2) is 47.6 Å². The monoisotopic (exact) mass is 298 g/mol. The SMILES string of the molecule is CC(C)C(CNC(=O)CC(C)(C)CC(=O)O)N1CCCC1. The summed E-state index contributed by atoms with van der Waals surface area (Å²) in [5.41, 5.74) is -0.503. The Morgan fingerprint density at radius 2 is 1.76 bits per heavy atom. The van der Waals surface area contributed by atoms with Crippen molar-refractivity contribution in [3.63, 3.8) is 0 Å². The van der Waals surface area contributed by atoms with Crippen molar-refractivity contribution in [2.75, 3.05) is 19.6 Å². The van der Waals surface area contributed by atoms with E-state index in [2.05, 4.69) is 24.1 Å². The van der Waals surface area contributed by atoms with Gasteiger partial charge in [0, 0.05) is 19.0 Å².